The molecule has 2 amide bonds. The second-order valence-corrected chi connectivity index (χ2v) is 14.3. The number of carboxylic acids is 1. The molecule has 3 fully saturated rings. The van der Waals surface area contributed by atoms with Crippen molar-refractivity contribution >= 4 is 73.9 Å². The second kappa shape index (κ2) is 14.2. The van der Waals surface area contributed by atoms with E-state index in [4.69, 9.17) is 27.9 Å². The number of hydrogen-bond acceptors (Lipinski definition) is 8. The summed E-state index contributed by atoms with van der Waals surface area (Å²) in [5, 5.41) is 15.6. The Morgan fingerprint density at radius 1 is 1.00 bits per heavy atom. The van der Waals surface area contributed by atoms with Gasteiger partial charge >= 0.3 is 5.97 Å². The monoisotopic (exact) mass is 700 g/mol. The van der Waals surface area contributed by atoms with Crippen molar-refractivity contribution in [3.8, 4) is 0 Å². The predicted molar refractivity (Wildman–Crippen MR) is 182 cm³/mol. The number of benzene rings is 2. The Labute approximate surface area is 287 Å². The molecular weight excluding hydrogens is 663 g/mol. The number of rotatable bonds is 10. The first-order chi connectivity index (χ1) is 22.6. The zero-order valence-electron chi connectivity index (χ0n) is 26.2. The summed E-state index contributed by atoms with van der Waals surface area (Å²) in [6.45, 7) is 2.13. The van der Waals surface area contributed by atoms with Gasteiger partial charge in [-0.2, -0.15) is 0 Å². The third kappa shape index (κ3) is 6.93. The molecule has 0 bridgehead atoms. The van der Waals surface area contributed by atoms with E-state index in [-0.39, 0.29) is 46.7 Å². The number of hydrogen-bond donors (Lipinski definition) is 2. The first-order valence-corrected chi connectivity index (χ1v) is 17.6. The third-order valence-electron chi connectivity index (χ3n) is 9.60. The Morgan fingerprint density at radius 3 is 2.43 bits per heavy atom. The fraction of sp³-hybridized carbons (Fsp3) is 0.471. The lowest BCUT2D eigenvalue weighted by molar-refractivity contribution is -0.258. The number of halogens is 2. The van der Waals surface area contributed by atoms with E-state index < -0.39 is 17.7 Å². The summed E-state index contributed by atoms with van der Waals surface area (Å²) in [4.78, 5) is 58.1. The van der Waals surface area contributed by atoms with Crippen molar-refractivity contribution in [2.75, 3.05) is 45.1 Å². The zero-order valence-corrected chi connectivity index (χ0v) is 28.5. The van der Waals surface area contributed by atoms with Crippen LogP contribution in [-0.4, -0.2) is 95.1 Å². The standard InChI is InChI=1S/C34H38Cl2N4O6S/c1-38-14-15-40(19-31(38)42)34(39-12-4-5-13-39,46-23-10-8-21(9-11-23)33(44)45)30(41)17-22-16-27(36)28(18-26(22)35)37-32(43)25-20-47-29-7-3-2-6-24(25)29/h2-3,6-7,16,18,20-21,23H,4-5,8-15,17,19H2,1H3,(H,37,43)(H,44,45)/t21-,23-,34?. The number of thiophene rings is 1. The molecule has 1 unspecified atom stereocenters. The lowest BCUT2D eigenvalue weighted by Gasteiger charge is -2.51. The van der Waals surface area contributed by atoms with E-state index >= 15 is 0 Å². The molecule has 47 heavy (non-hydrogen) atoms. The summed E-state index contributed by atoms with van der Waals surface area (Å²) in [7, 11) is 1.75. The number of anilines is 1. The molecule has 0 radical (unpaired) electrons. The van der Waals surface area contributed by atoms with E-state index in [0.717, 1.165) is 22.9 Å². The summed E-state index contributed by atoms with van der Waals surface area (Å²) in [5.74, 6) is -3.47. The third-order valence-corrected chi connectivity index (χ3v) is 11.2. The van der Waals surface area contributed by atoms with Gasteiger partial charge in [-0.15, -0.1) is 11.3 Å². The minimum Gasteiger partial charge on any atom is -0.481 e. The van der Waals surface area contributed by atoms with Crippen molar-refractivity contribution in [2.24, 2.45) is 5.92 Å². The topological polar surface area (TPSA) is 119 Å². The first-order valence-electron chi connectivity index (χ1n) is 16.0. The van der Waals surface area contributed by atoms with Gasteiger partial charge in [0.25, 0.3) is 5.91 Å². The number of carbonyl (C=O) groups excluding carboxylic acids is 3. The molecule has 2 aromatic carbocycles. The molecule has 1 aromatic heterocycles. The highest BCUT2D eigenvalue weighted by atomic mass is 35.5. The van der Waals surface area contributed by atoms with Crippen LogP contribution in [0.25, 0.3) is 10.1 Å². The van der Waals surface area contributed by atoms with Gasteiger partial charge < -0.3 is 20.1 Å². The summed E-state index contributed by atoms with van der Waals surface area (Å²) in [5.41, 5.74) is 1.33. The number of ketones is 1. The Morgan fingerprint density at radius 2 is 1.72 bits per heavy atom. The molecule has 10 nitrogen and oxygen atoms in total. The van der Waals surface area contributed by atoms with Crippen LogP contribution in [-0.2, 0) is 25.5 Å². The minimum atomic E-state index is -1.53. The number of carboxylic acid groups (broad SMARTS) is 1. The van der Waals surface area contributed by atoms with Gasteiger partial charge in [0.2, 0.25) is 11.8 Å². The Balaban J connectivity index is 1.28. The van der Waals surface area contributed by atoms with Crippen molar-refractivity contribution in [1.82, 2.24) is 14.7 Å². The number of nitrogens with one attached hydrogen (secondary N) is 1. The zero-order chi connectivity index (χ0) is 33.3. The van der Waals surface area contributed by atoms with Gasteiger partial charge in [0.15, 0.2) is 5.78 Å². The normalized spacial score (nSPS) is 22.4. The predicted octanol–water partition coefficient (Wildman–Crippen LogP) is 5.76. The van der Waals surface area contributed by atoms with Gasteiger partial charge in [-0.1, -0.05) is 41.4 Å². The van der Waals surface area contributed by atoms with Crippen molar-refractivity contribution in [2.45, 2.75) is 56.9 Å². The number of aliphatic carboxylic acids is 1. The average Bonchev–Trinajstić information content (AvgIpc) is 3.75. The summed E-state index contributed by atoms with van der Waals surface area (Å²) >= 11 is 15.0. The summed E-state index contributed by atoms with van der Waals surface area (Å²) in [6, 6.07) is 10.8. The fourth-order valence-corrected chi connectivity index (χ4v) is 8.32. The Kier molecular flexibility index (Phi) is 10.2. The van der Waals surface area contributed by atoms with E-state index in [1.165, 1.54) is 11.3 Å². The number of amides is 2. The number of carbonyl (C=O) groups is 4. The summed E-state index contributed by atoms with van der Waals surface area (Å²) < 4.78 is 7.87. The first kappa shape index (κ1) is 33.8. The quantitative estimate of drug-likeness (QED) is 0.274. The van der Waals surface area contributed by atoms with Crippen LogP contribution in [0, 0.1) is 5.92 Å². The van der Waals surface area contributed by atoms with Crippen LogP contribution in [0.15, 0.2) is 41.8 Å². The smallest absolute Gasteiger partial charge is 0.306 e. The molecule has 0 spiro atoms. The highest BCUT2D eigenvalue weighted by Gasteiger charge is 2.54. The van der Waals surface area contributed by atoms with Crippen LogP contribution in [0.5, 0.6) is 0 Å². The molecule has 250 valence electrons. The number of nitrogens with zero attached hydrogens (tertiary/aromatic N) is 3. The molecule has 3 heterocycles. The number of piperazine rings is 1. The molecular formula is C34H38Cl2N4O6S. The van der Waals surface area contributed by atoms with Crippen LogP contribution in [0.2, 0.25) is 10.0 Å². The molecule has 1 saturated carbocycles. The van der Waals surface area contributed by atoms with Gasteiger partial charge in [-0.05, 0) is 62.3 Å². The van der Waals surface area contributed by atoms with Gasteiger partial charge in [0, 0.05) is 60.1 Å². The number of ether oxygens (including phenoxy) is 1. The molecule has 2 saturated heterocycles. The van der Waals surface area contributed by atoms with Crippen molar-refractivity contribution in [1.29, 1.82) is 0 Å². The van der Waals surface area contributed by atoms with Crippen LogP contribution >= 0.6 is 34.5 Å². The van der Waals surface area contributed by atoms with E-state index in [1.807, 2.05) is 34.1 Å². The van der Waals surface area contributed by atoms with Crippen molar-refractivity contribution in [3.05, 3.63) is 63.0 Å². The van der Waals surface area contributed by atoms with Crippen LogP contribution < -0.4 is 5.32 Å². The minimum absolute atomic E-state index is 0.0138. The lowest BCUT2D eigenvalue weighted by Crippen LogP contribution is -2.71. The van der Waals surface area contributed by atoms with Crippen LogP contribution in [0.3, 0.4) is 0 Å². The largest absolute Gasteiger partial charge is 0.481 e. The Hall–Kier alpha value is -3.06. The number of likely N-dealkylation sites (N-methyl/N-ethyl adjacent to an activating group) is 1. The summed E-state index contributed by atoms with van der Waals surface area (Å²) in [6.07, 6.45) is 3.21. The SMILES string of the molecule is CN1CCN(C(O[C@H]2CC[C@H](C(=O)O)CC2)(C(=O)Cc2cc(Cl)c(NC(=O)c3csc4ccccc34)cc2Cl)N2CCCC2)CC1=O. The van der Waals surface area contributed by atoms with Gasteiger partial charge in [-0.25, -0.2) is 4.90 Å². The van der Waals surface area contributed by atoms with Crippen molar-refractivity contribution in [3.63, 3.8) is 0 Å². The molecule has 1 aliphatic carbocycles. The lowest BCUT2D eigenvalue weighted by atomic mass is 9.87. The average molecular weight is 702 g/mol. The molecule has 3 aliphatic rings. The van der Waals surface area contributed by atoms with Gasteiger partial charge in [0.05, 0.1) is 34.8 Å². The Bertz CT molecular complexity index is 1690. The van der Waals surface area contributed by atoms with E-state index in [1.54, 1.807) is 29.5 Å². The van der Waals surface area contributed by atoms with E-state index in [2.05, 4.69) is 5.32 Å². The number of Topliss-reactive ketones (excluding diaryl/α,β-unsaturated/α-hetero) is 1. The van der Waals surface area contributed by atoms with E-state index in [9.17, 15) is 24.3 Å². The maximum absolute atomic E-state index is 14.8. The maximum Gasteiger partial charge on any atom is 0.306 e. The highest BCUT2D eigenvalue weighted by molar-refractivity contribution is 7.17. The van der Waals surface area contributed by atoms with Crippen molar-refractivity contribution < 1.29 is 29.0 Å². The fourth-order valence-electron chi connectivity index (χ4n) is 6.92. The van der Waals surface area contributed by atoms with Crippen LogP contribution in [0.4, 0.5) is 5.69 Å². The van der Waals surface area contributed by atoms with E-state index in [0.29, 0.717) is 68.7 Å². The maximum atomic E-state index is 14.8. The molecule has 3 aromatic rings. The molecule has 13 heteroatoms. The molecule has 2 aliphatic heterocycles. The highest BCUT2D eigenvalue weighted by Crippen LogP contribution is 2.38. The molecule has 1 atom stereocenters. The molecule has 6 rings (SSSR count). The van der Waals surface area contributed by atoms with Gasteiger partial charge in [-0.3, -0.25) is 24.1 Å². The number of likely N-dealkylation sites (tertiary alicyclic amines) is 1. The second-order valence-electron chi connectivity index (χ2n) is 12.6. The molecule has 2 N–H and O–H groups in total. The van der Waals surface area contributed by atoms with Crippen LogP contribution in [0.1, 0.15) is 54.4 Å². The van der Waals surface area contributed by atoms with Gasteiger partial charge in [0.1, 0.15) is 0 Å². The number of fused-ring (bicyclic) bond motifs is 1.